The number of rotatable bonds is 3. The molecule has 2 unspecified atom stereocenters. The molecule has 98 valence electrons. The Bertz CT molecular complexity index is 441. The van der Waals surface area contributed by atoms with Gasteiger partial charge < -0.3 is 20.3 Å². The summed E-state index contributed by atoms with van der Waals surface area (Å²) in [4.78, 5) is 0. The first-order valence-corrected chi connectivity index (χ1v) is 6.47. The van der Waals surface area contributed by atoms with Crippen molar-refractivity contribution in [1.82, 2.24) is 0 Å². The van der Waals surface area contributed by atoms with Crippen LogP contribution in [0, 0.1) is 5.41 Å². The Hall–Kier alpha value is -1.10. The molecular weight excluding hydrogens is 230 g/mol. The summed E-state index contributed by atoms with van der Waals surface area (Å²) < 4.78 is 10.9. The minimum Gasteiger partial charge on any atom is -0.493 e. The summed E-state index contributed by atoms with van der Waals surface area (Å²) in [5.74, 6) is 0.940. The van der Waals surface area contributed by atoms with E-state index in [4.69, 9.17) is 15.2 Å². The third-order valence-corrected chi connectivity index (χ3v) is 4.15. The molecule has 2 aliphatic rings. The van der Waals surface area contributed by atoms with Crippen molar-refractivity contribution in [3.63, 3.8) is 0 Å². The molecule has 0 aliphatic carbocycles. The summed E-state index contributed by atoms with van der Waals surface area (Å²) in [5, 5.41) is 10.6. The quantitative estimate of drug-likeness (QED) is 0.839. The van der Waals surface area contributed by atoms with Crippen LogP contribution in [0.3, 0.4) is 0 Å². The fourth-order valence-corrected chi connectivity index (χ4v) is 2.84. The highest BCUT2D eigenvalue weighted by Crippen LogP contribution is 2.41. The van der Waals surface area contributed by atoms with Crippen LogP contribution in [0.2, 0.25) is 0 Å². The van der Waals surface area contributed by atoms with Crippen molar-refractivity contribution < 1.29 is 14.6 Å². The lowest BCUT2D eigenvalue weighted by atomic mass is 9.78. The molecule has 0 amide bonds. The van der Waals surface area contributed by atoms with E-state index in [2.05, 4.69) is 0 Å². The topological polar surface area (TPSA) is 64.7 Å². The van der Waals surface area contributed by atoms with Crippen molar-refractivity contribution >= 4 is 0 Å². The molecule has 1 saturated heterocycles. The van der Waals surface area contributed by atoms with Gasteiger partial charge in [0, 0.05) is 25.0 Å². The second kappa shape index (κ2) is 4.53. The number of hydrogen-bond donors (Lipinski definition) is 2. The summed E-state index contributed by atoms with van der Waals surface area (Å²) in [6.45, 7) is 2.41. The van der Waals surface area contributed by atoms with Crippen LogP contribution in [0.1, 0.15) is 23.7 Å². The van der Waals surface area contributed by atoms with Gasteiger partial charge in [0.1, 0.15) is 5.75 Å². The van der Waals surface area contributed by atoms with Crippen LogP contribution in [-0.4, -0.2) is 31.5 Å². The summed E-state index contributed by atoms with van der Waals surface area (Å²) in [5.41, 5.74) is 7.63. The van der Waals surface area contributed by atoms with Crippen molar-refractivity contribution in [2.24, 2.45) is 11.1 Å². The largest absolute Gasteiger partial charge is 0.493 e. The van der Waals surface area contributed by atoms with E-state index in [-0.39, 0.29) is 5.41 Å². The van der Waals surface area contributed by atoms with Crippen LogP contribution < -0.4 is 10.5 Å². The molecule has 18 heavy (non-hydrogen) atoms. The lowest BCUT2D eigenvalue weighted by Crippen LogP contribution is -2.37. The third kappa shape index (κ3) is 1.81. The van der Waals surface area contributed by atoms with Crippen molar-refractivity contribution in [3.8, 4) is 5.75 Å². The van der Waals surface area contributed by atoms with Crippen LogP contribution in [-0.2, 0) is 11.2 Å². The SMILES string of the molecule is NCC1(C(O)c2ccc3c(c2)CCO3)CCOC1. The molecule has 0 radical (unpaired) electrons. The first-order valence-electron chi connectivity index (χ1n) is 6.47. The van der Waals surface area contributed by atoms with E-state index in [1.165, 1.54) is 5.56 Å². The van der Waals surface area contributed by atoms with Gasteiger partial charge in [0.2, 0.25) is 0 Å². The maximum Gasteiger partial charge on any atom is 0.122 e. The monoisotopic (exact) mass is 249 g/mol. The van der Waals surface area contributed by atoms with Crippen molar-refractivity contribution in [2.45, 2.75) is 18.9 Å². The van der Waals surface area contributed by atoms with Crippen molar-refractivity contribution in [2.75, 3.05) is 26.4 Å². The Morgan fingerprint density at radius 2 is 2.28 bits per heavy atom. The average molecular weight is 249 g/mol. The van der Waals surface area contributed by atoms with E-state index in [1.807, 2.05) is 18.2 Å². The predicted octanol–water partition coefficient (Wildman–Crippen LogP) is 1.02. The summed E-state index contributed by atoms with van der Waals surface area (Å²) in [6.07, 6.45) is 1.18. The molecule has 0 aromatic heterocycles. The molecule has 3 N–H and O–H groups in total. The molecule has 0 spiro atoms. The number of fused-ring (bicyclic) bond motifs is 1. The molecule has 2 aliphatic heterocycles. The zero-order valence-corrected chi connectivity index (χ0v) is 10.4. The van der Waals surface area contributed by atoms with Gasteiger partial charge in [-0.1, -0.05) is 6.07 Å². The Balaban J connectivity index is 1.89. The maximum absolute atomic E-state index is 10.6. The van der Waals surface area contributed by atoms with Gasteiger partial charge in [0.05, 0.1) is 19.3 Å². The van der Waals surface area contributed by atoms with E-state index in [1.54, 1.807) is 0 Å². The first-order chi connectivity index (χ1) is 8.75. The highest BCUT2D eigenvalue weighted by Gasteiger charge is 2.41. The molecule has 1 aromatic carbocycles. The smallest absolute Gasteiger partial charge is 0.122 e. The van der Waals surface area contributed by atoms with E-state index < -0.39 is 6.10 Å². The van der Waals surface area contributed by atoms with E-state index >= 15 is 0 Å². The molecule has 0 bridgehead atoms. The molecule has 2 atom stereocenters. The van der Waals surface area contributed by atoms with Crippen LogP contribution >= 0.6 is 0 Å². The Kier molecular flexibility index (Phi) is 3.01. The summed E-state index contributed by atoms with van der Waals surface area (Å²) >= 11 is 0. The molecule has 1 fully saturated rings. The maximum atomic E-state index is 10.6. The van der Waals surface area contributed by atoms with Gasteiger partial charge in [0.25, 0.3) is 0 Å². The fraction of sp³-hybridized carbons (Fsp3) is 0.571. The Labute approximate surface area is 107 Å². The number of hydrogen-bond acceptors (Lipinski definition) is 4. The molecule has 0 saturated carbocycles. The van der Waals surface area contributed by atoms with Crippen LogP contribution in [0.5, 0.6) is 5.75 Å². The van der Waals surface area contributed by atoms with Gasteiger partial charge in [-0.3, -0.25) is 0 Å². The average Bonchev–Trinajstić information content (AvgIpc) is 3.06. The Morgan fingerprint density at radius 3 is 3.00 bits per heavy atom. The lowest BCUT2D eigenvalue weighted by Gasteiger charge is -2.31. The van der Waals surface area contributed by atoms with E-state index in [0.717, 1.165) is 30.8 Å². The molecule has 4 nitrogen and oxygen atoms in total. The zero-order chi connectivity index (χ0) is 12.6. The van der Waals surface area contributed by atoms with Gasteiger partial charge in [0.15, 0.2) is 0 Å². The number of aliphatic hydroxyl groups excluding tert-OH is 1. The van der Waals surface area contributed by atoms with Crippen LogP contribution in [0.4, 0.5) is 0 Å². The van der Waals surface area contributed by atoms with Gasteiger partial charge in [-0.05, 0) is 29.7 Å². The van der Waals surface area contributed by atoms with Gasteiger partial charge in [-0.25, -0.2) is 0 Å². The molecule has 4 heteroatoms. The molecule has 2 heterocycles. The normalized spacial score (nSPS) is 27.9. The fourth-order valence-electron chi connectivity index (χ4n) is 2.84. The second-order valence-electron chi connectivity index (χ2n) is 5.24. The number of benzene rings is 1. The molecule has 3 rings (SSSR count). The minimum atomic E-state index is -0.559. The van der Waals surface area contributed by atoms with Crippen LogP contribution in [0.25, 0.3) is 0 Å². The third-order valence-electron chi connectivity index (χ3n) is 4.15. The van der Waals surface area contributed by atoms with Crippen LogP contribution in [0.15, 0.2) is 18.2 Å². The summed E-state index contributed by atoms with van der Waals surface area (Å²) in [7, 11) is 0. The van der Waals surface area contributed by atoms with Gasteiger partial charge >= 0.3 is 0 Å². The van der Waals surface area contributed by atoms with Gasteiger partial charge in [-0.2, -0.15) is 0 Å². The molecule has 1 aromatic rings. The summed E-state index contributed by atoms with van der Waals surface area (Å²) in [6, 6.07) is 5.92. The highest BCUT2D eigenvalue weighted by atomic mass is 16.5. The number of aliphatic hydroxyl groups is 1. The van der Waals surface area contributed by atoms with Crippen molar-refractivity contribution in [3.05, 3.63) is 29.3 Å². The molecular formula is C14H19NO3. The standard InChI is InChI=1S/C14H19NO3/c15-8-14(4-6-17-9-14)13(16)11-1-2-12-10(7-11)3-5-18-12/h1-2,7,13,16H,3-6,8-9,15H2. The van der Waals surface area contributed by atoms with E-state index in [9.17, 15) is 5.11 Å². The second-order valence-corrected chi connectivity index (χ2v) is 5.24. The van der Waals surface area contributed by atoms with Gasteiger partial charge in [-0.15, -0.1) is 0 Å². The zero-order valence-electron chi connectivity index (χ0n) is 10.4. The van der Waals surface area contributed by atoms with Crippen molar-refractivity contribution in [1.29, 1.82) is 0 Å². The van der Waals surface area contributed by atoms with E-state index in [0.29, 0.717) is 19.8 Å². The number of nitrogens with two attached hydrogens (primary N) is 1. The Morgan fingerprint density at radius 1 is 1.39 bits per heavy atom. The first kappa shape index (κ1) is 12.0. The highest BCUT2D eigenvalue weighted by molar-refractivity contribution is 5.41. The lowest BCUT2D eigenvalue weighted by molar-refractivity contribution is 0.0190. The predicted molar refractivity (Wildman–Crippen MR) is 67.5 cm³/mol. The minimum absolute atomic E-state index is 0.326. The number of ether oxygens (including phenoxy) is 2.